The number of rotatable bonds is 3. The summed E-state index contributed by atoms with van der Waals surface area (Å²) in [6.45, 7) is 0.199. The maximum atomic E-state index is 2.60. The molecule has 0 saturated carbocycles. The molecule has 8 aromatic rings. The van der Waals surface area contributed by atoms with E-state index in [0.717, 1.165) is 11.4 Å². The fraction of sp³-hybridized carbons (Fsp3) is 0. The van der Waals surface area contributed by atoms with Gasteiger partial charge in [0.2, 0.25) is 6.71 Å². The number of anilines is 3. The van der Waals surface area contributed by atoms with Crippen LogP contribution in [0.15, 0.2) is 149 Å². The van der Waals surface area contributed by atoms with Gasteiger partial charge >= 0.3 is 0 Å². The summed E-state index contributed by atoms with van der Waals surface area (Å²) >= 11 is 3.83. The highest BCUT2D eigenvalue weighted by atomic mass is 32.2. The molecule has 4 heterocycles. The van der Waals surface area contributed by atoms with Gasteiger partial charge in [-0.2, -0.15) is 0 Å². The van der Waals surface area contributed by atoms with Crippen molar-refractivity contribution < 1.29 is 0 Å². The number of fused-ring (bicyclic) bond motifs is 9. The molecule has 2 nitrogen and oxygen atoms in total. The smallest absolute Gasteiger partial charge is 0.249 e. The summed E-state index contributed by atoms with van der Waals surface area (Å²) in [6, 6.07) is 51.2. The van der Waals surface area contributed by atoms with Crippen LogP contribution < -0.4 is 21.3 Å². The van der Waals surface area contributed by atoms with Crippen LogP contribution in [-0.4, -0.2) is 11.3 Å². The molecule has 2 aromatic heterocycles. The predicted octanol–water partition coefficient (Wildman–Crippen LogP) is 8.76. The van der Waals surface area contributed by atoms with E-state index >= 15 is 0 Å². The molecule has 0 atom stereocenters. The van der Waals surface area contributed by atoms with Crippen molar-refractivity contribution in [2.75, 3.05) is 4.90 Å². The van der Waals surface area contributed by atoms with Crippen molar-refractivity contribution in [2.24, 2.45) is 0 Å². The average molecular weight is 583 g/mol. The Morgan fingerprint density at radius 2 is 1.21 bits per heavy atom. The second-order valence-corrected chi connectivity index (χ2v) is 13.4. The van der Waals surface area contributed by atoms with E-state index in [1.807, 2.05) is 23.1 Å². The van der Waals surface area contributed by atoms with Crippen LogP contribution in [0.1, 0.15) is 0 Å². The monoisotopic (exact) mass is 582 g/mol. The van der Waals surface area contributed by atoms with Gasteiger partial charge in [-0.1, -0.05) is 108 Å². The summed E-state index contributed by atoms with van der Waals surface area (Å²) in [5.74, 6) is 0. The van der Waals surface area contributed by atoms with Gasteiger partial charge in [-0.25, -0.2) is 0 Å². The molecule has 0 spiro atoms. The summed E-state index contributed by atoms with van der Waals surface area (Å²) in [7, 11) is 0. The Labute approximate surface area is 257 Å². The Balaban J connectivity index is 1.37. The summed E-state index contributed by atoms with van der Waals surface area (Å²) in [5, 5.41) is 2.68. The number of benzene rings is 6. The van der Waals surface area contributed by atoms with Crippen LogP contribution >= 0.6 is 23.1 Å². The number of thiophene rings is 1. The average Bonchev–Trinajstić information content (AvgIpc) is 3.60. The largest absolute Gasteiger partial charge is 0.310 e. The van der Waals surface area contributed by atoms with Crippen molar-refractivity contribution >= 4 is 94.5 Å². The lowest BCUT2D eigenvalue weighted by Crippen LogP contribution is -2.58. The first kappa shape index (κ1) is 23.8. The highest BCUT2D eigenvalue weighted by Gasteiger charge is 2.40. The fourth-order valence-electron chi connectivity index (χ4n) is 7.31. The van der Waals surface area contributed by atoms with Crippen LogP contribution in [0.3, 0.4) is 0 Å². The molecule has 2 aliphatic heterocycles. The van der Waals surface area contributed by atoms with Crippen LogP contribution in [0.5, 0.6) is 0 Å². The molecule has 0 fully saturated rings. The van der Waals surface area contributed by atoms with Crippen molar-refractivity contribution in [2.45, 2.75) is 9.79 Å². The molecular weight excluding hydrogens is 559 g/mol. The minimum atomic E-state index is 0.199. The molecule has 0 saturated heterocycles. The van der Waals surface area contributed by atoms with Gasteiger partial charge in [-0.3, -0.25) is 0 Å². The van der Waals surface area contributed by atoms with E-state index < -0.39 is 0 Å². The second-order valence-electron chi connectivity index (χ2n) is 11.3. The van der Waals surface area contributed by atoms with Gasteiger partial charge in [-0.15, -0.1) is 11.3 Å². The maximum Gasteiger partial charge on any atom is 0.249 e. The molecule has 200 valence electrons. The summed E-state index contributed by atoms with van der Waals surface area (Å²) in [6.07, 6.45) is 0. The van der Waals surface area contributed by atoms with E-state index in [-0.39, 0.29) is 6.71 Å². The van der Waals surface area contributed by atoms with Gasteiger partial charge in [0.1, 0.15) is 0 Å². The van der Waals surface area contributed by atoms with Crippen molar-refractivity contribution in [3.63, 3.8) is 0 Å². The van der Waals surface area contributed by atoms with Crippen LogP contribution in [-0.2, 0) is 0 Å². The zero-order valence-corrected chi connectivity index (χ0v) is 24.7. The fourth-order valence-corrected chi connectivity index (χ4v) is 9.73. The molecule has 0 amide bonds. The molecule has 2 aliphatic rings. The first-order valence-corrected chi connectivity index (χ1v) is 16.3. The first-order chi connectivity index (χ1) is 21.3. The lowest BCUT2D eigenvalue weighted by Gasteiger charge is -2.35. The molecule has 10 rings (SSSR count). The maximum absolute atomic E-state index is 2.60. The standard InChI is InChI=1S/C38H23BN2S2/c1-3-12-24(13-4-1)40(25-14-5-2-6-15-25)26-22-31-35-34(23-26)42-33-21-10-8-18-29(33)39(35)30-19-11-17-28-36(30)41(31)37-27-16-7-9-20-32(27)43-38(28)37/h1-23H. The van der Waals surface area contributed by atoms with Crippen LogP contribution in [0, 0.1) is 0 Å². The van der Waals surface area contributed by atoms with Gasteiger partial charge in [0.15, 0.2) is 0 Å². The third-order valence-corrected chi connectivity index (χ3v) is 11.4. The summed E-state index contributed by atoms with van der Waals surface area (Å²) in [4.78, 5) is 5.08. The van der Waals surface area contributed by atoms with Gasteiger partial charge < -0.3 is 9.47 Å². The second kappa shape index (κ2) is 8.90. The minimum Gasteiger partial charge on any atom is -0.310 e. The topological polar surface area (TPSA) is 8.17 Å². The molecule has 43 heavy (non-hydrogen) atoms. The zero-order chi connectivity index (χ0) is 28.1. The van der Waals surface area contributed by atoms with Gasteiger partial charge in [0.05, 0.1) is 15.7 Å². The molecule has 0 aliphatic carbocycles. The van der Waals surface area contributed by atoms with Crippen molar-refractivity contribution in [1.82, 2.24) is 4.57 Å². The van der Waals surface area contributed by atoms with Gasteiger partial charge in [0.25, 0.3) is 0 Å². The number of hydrogen-bond acceptors (Lipinski definition) is 3. The van der Waals surface area contributed by atoms with E-state index in [0.29, 0.717) is 0 Å². The normalized spacial score (nSPS) is 13.0. The Morgan fingerprint density at radius 1 is 0.535 bits per heavy atom. The van der Waals surface area contributed by atoms with E-state index in [1.165, 1.54) is 68.8 Å². The first-order valence-electron chi connectivity index (χ1n) is 14.6. The third kappa shape index (κ3) is 3.26. The third-order valence-electron chi connectivity index (χ3n) is 9.01. The number of nitrogens with zero attached hydrogens (tertiary/aromatic N) is 2. The molecule has 0 radical (unpaired) electrons. The Bertz CT molecular complexity index is 2350. The zero-order valence-electron chi connectivity index (χ0n) is 23.1. The van der Waals surface area contributed by atoms with Crippen molar-refractivity contribution in [1.29, 1.82) is 0 Å². The predicted molar refractivity (Wildman–Crippen MR) is 186 cm³/mol. The SMILES string of the molecule is c1ccc(N(c2ccccc2)c2cc3c4c(c2)-n2c5c(cccc5c5sc6ccccc6c52)B4c2ccccc2S3)cc1. The molecular formula is C38H23BN2S2. The molecule has 0 N–H and O–H groups in total. The Hall–Kier alpha value is -4.71. The van der Waals surface area contributed by atoms with Crippen LogP contribution in [0.4, 0.5) is 17.1 Å². The summed E-state index contributed by atoms with van der Waals surface area (Å²) < 4.78 is 5.31. The lowest BCUT2D eigenvalue weighted by atomic mass is 9.35. The molecule has 0 unspecified atom stereocenters. The highest BCUT2D eigenvalue weighted by molar-refractivity contribution is 8.00. The molecule has 0 bridgehead atoms. The number of aromatic nitrogens is 1. The quantitative estimate of drug-likeness (QED) is 0.193. The number of para-hydroxylation sites is 3. The Morgan fingerprint density at radius 3 is 2.02 bits per heavy atom. The van der Waals surface area contributed by atoms with Gasteiger partial charge in [-0.05, 0) is 59.5 Å². The highest BCUT2D eigenvalue weighted by Crippen LogP contribution is 2.46. The number of hydrogen-bond donors (Lipinski definition) is 0. The van der Waals surface area contributed by atoms with E-state index in [2.05, 4.69) is 149 Å². The summed E-state index contributed by atoms with van der Waals surface area (Å²) in [5.41, 5.74) is 11.7. The van der Waals surface area contributed by atoms with E-state index in [9.17, 15) is 0 Å². The van der Waals surface area contributed by atoms with E-state index in [1.54, 1.807) is 0 Å². The van der Waals surface area contributed by atoms with Crippen LogP contribution in [0.25, 0.3) is 36.9 Å². The van der Waals surface area contributed by atoms with E-state index in [4.69, 9.17) is 0 Å². The van der Waals surface area contributed by atoms with Crippen LogP contribution in [0.2, 0.25) is 0 Å². The van der Waals surface area contributed by atoms with Crippen molar-refractivity contribution in [3.8, 4) is 5.69 Å². The van der Waals surface area contributed by atoms with Crippen molar-refractivity contribution in [3.05, 3.63) is 140 Å². The lowest BCUT2D eigenvalue weighted by molar-refractivity contribution is 1.16. The molecule has 6 aromatic carbocycles. The molecule has 5 heteroatoms. The van der Waals surface area contributed by atoms with Gasteiger partial charge in [0, 0.05) is 48.0 Å². The Kier molecular flexibility index (Phi) is 4.93. The minimum absolute atomic E-state index is 0.199.